The van der Waals surface area contributed by atoms with Crippen LogP contribution in [0.2, 0.25) is 0 Å². The highest BCUT2D eigenvalue weighted by Gasteiger charge is 2.36. The van der Waals surface area contributed by atoms with Crippen molar-refractivity contribution >= 4 is 40.1 Å². The van der Waals surface area contributed by atoms with Crippen LogP contribution in [0.4, 0.5) is 23.3 Å². The molecule has 0 unspecified atom stereocenters. The molecule has 5 heterocycles. The van der Waals surface area contributed by atoms with Gasteiger partial charge in [-0.05, 0) is 45.4 Å². The molecular weight excluding hydrogens is 412 g/mol. The first-order chi connectivity index (χ1) is 15.4. The minimum Gasteiger partial charge on any atom is -0.474 e. The standard InChI is InChI=1S/C21H24N8O3/c1-21(2)20(31)29-17-13(32-21)5-6-14(26-17)27-18-16-12(23-10-24-19(16)30)8-15(28-18)25-11-4-3-7-22-9-11/h5-6,8,10-11,22H,3-4,7,9H2,1-2H3,(H,23,24,30)(H3,25,26,27,28,29,31)/t11-/m0/s1. The van der Waals surface area contributed by atoms with E-state index >= 15 is 0 Å². The van der Waals surface area contributed by atoms with E-state index in [-0.39, 0.29) is 17.5 Å². The maximum atomic E-state index is 12.5. The quantitative estimate of drug-likeness (QED) is 0.413. The number of aromatic amines is 1. The maximum Gasteiger partial charge on any atom is 0.269 e. The molecule has 5 rings (SSSR count). The van der Waals surface area contributed by atoms with Crippen LogP contribution in [-0.4, -0.2) is 50.6 Å². The number of piperidine rings is 1. The second kappa shape index (κ2) is 7.75. The van der Waals surface area contributed by atoms with Crippen LogP contribution < -0.4 is 31.6 Å². The number of fused-ring (bicyclic) bond motifs is 2. The molecule has 0 bridgehead atoms. The van der Waals surface area contributed by atoms with Gasteiger partial charge in [0.1, 0.15) is 22.8 Å². The number of aromatic nitrogens is 4. The second-order valence-electron chi connectivity index (χ2n) is 8.40. The van der Waals surface area contributed by atoms with Crippen LogP contribution in [-0.2, 0) is 4.79 Å². The lowest BCUT2D eigenvalue weighted by Gasteiger charge is -2.30. The van der Waals surface area contributed by atoms with Crippen molar-refractivity contribution in [2.45, 2.75) is 38.3 Å². The maximum absolute atomic E-state index is 12.5. The minimum absolute atomic E-state index is 0.237. The van der Waals surface area contributed by atoms with Crippen molar-refractivity contribution in [3.63, 3.8) is 0 Å². The Hall–Kier alpha value is -3.73. The molecule has 3 aromatic heterocycles. The number of H-pyrrole nitrogens is 1. The summed E-state index contributed by atoms with van der Waals surface area (Å²) < 4.78 is 5.73. The lowest BCUT2D eigenvalue weighted by Crippen LogP contribution is -2.46. The van der Waals surface area contributed by atoms with Crippen LogP contribution in [0, 0.1) is 0 Å². The molecule has 5 N–H and O–H groups in total. The van der Waals surface area contributed by atoms with Gasteiger partial charge in [0.25, 0.3) is 11.5 Å². The van der Waals surface area contributed by atoms with E-state index in [0.29, 0.717) is 39.9 Å². The normalized spacial score (nSPS) is 19.6. The van der Waals surface area contributed by atoms with E-state index in [1.54, 1.807) is 32.0 Å². The lowest BCUT2D eigenvalue weighted by atomic mass is 10.1. The Bertz CT molecular complexity index is 1250. The zero-order valence-electron chi connectivity index (χ0n) is 17.8. The number of carbonyl (C=O) groups excluding carboxylic acids is 1. The number of ether oxygens (including phenoxy) is 1. The molecule has 1 fully saturated rings. The van der Waals surface area contributed by atoms with Gasteiger partial charge in [0.2, 0.25) is 0 Å². The fraction of sp³-hybridized carbons (Fsp3) is 0.381. The average Bonchev–Trinajstić information content (AvgIpc) is 2.75. The Labute approximate surface area is 183 Å². The summed E-state index contributed by atoms with van der Waals surface area (Å²) in [7, 11) is 0. The summed E-state index contributed by atoms with van der Waals surface area (Å²) >= 11 is 0. The van der Waals surface area contributed by atoms with Crippen LogP contribution in [0.1, 0.15) is 26.7 Å². The molecule has 11 heteroatoms. The molecule has 0 spiro atoms. The Morgan fingerprint density at radius 3 is 2.88 bits per heavy atom. The molecule has 2 aliphatic heterocycles. The predicted octanol–water partition coefficient (Wildman–Crippen LogP) is 1.73. The molecule has 0 radical (unpaired) electrons. The van der Waals surface area contributed by atoms with Gasteiger partial charge in [-0.25, -0.2) is 15.0 Å². The number of hydrogen-bond donors (Lipinski definition) is 5. The number of anilines is 4. The van der Waals surface area contributed by atoms with Gasteiger partial charge in [0, 0.05) is 18.7 Å². The SMILES string of the molecule is CC1(C)Oc2ccc(Nc3nc(N[C@H]4CCCNC4)cc4nc[nH]c(=O)c34)nc2NC1=O. The van der Waals surface area contributed by atoms with Crippen LogP contribution in [0.5, 0.6) is 5.75 Å². The topological polar surface area (TPSA) is 146 Å². The molecule has 166 valence electrons. The van der Waals surface area contributed by atoms with E-state index in [9.17, 15) is 9.59 Å². The number of hydrogen-bond acceptors (Lipinski definition) is 9. The smallest absolute Gasteiger partial charge is 0.269 e. The van der Waals surface area contributed by atoms with Crippen molar-refractivity contribution in [1.29, 1.82) is 0 Å². The summed E-state index contributed by atoms with van der Waals surface area (Å²) in [4.78, 5) is 40.7. The molecule has 1 saturated heterocycles. The highest BCUT2D eigenvalue weighted by molar-refractivity contribution is 5.99. The molecule has 3 aromatic rings. The Morgan fingerprint density at radius 2 is 2.06 bits per heavy atom. The first kappa shape index (κ1) is 20.2. The monoisotopic (exact) mass is 436 g/mol. The first-order valence-electron chi connectivity index (χ1n) is 10.5. The third-order valence-corrected chi connectivity index (χ3v) is 5.52. The summed E-state index contributed by atoms with van der Waals surface area (Å²) in [6.07, 6.45) is 3.48. The zero-order chi connectivity index (χ0) is 22.3. The summed E-state index contributed by atoms with van der Waals surface area (Å²) in [5.74, 6) is 1.82. The van der Waals surface area contributed by atoms with Crippen molar-refractivity contribution in [3.05, 3.63) is 34.9 Å². The minimum atomic E-state index is -0.978. The average molecular weight is 436 g/mol. The van der Waals surface area contributed by atoms with Crippen molar-refractivity contribution in [2.24, 2.45) is 0 Å². The molecule has 0 aromatic carbocycles. The third-order valence-electron chi connectivity index (χ3n) is 5.52. The van der Waals surface area contributed by atoms with Crippen LogP contribution in [0.3, 0.4) is 0 Å². The fourth-order valence-electron chi connectivity index (χ4n) is 3.83. The molecule has 1 amide bonds. The number of rotatable bonds is 4. The van der Waals surface area contributed by atoms with E-state index in [0.717, 1.165) is 25.9 Å². The molecule has 2 aliphatic rings. The number of nitrogens with zero attached hydrogens (tertiary/aromatic N) is 3. The Balaban J connectivity index is 1.50. The van der Waals surface area contributed by atoms with E-state index < -0.39 is 5.60 Å². The van der Waals surface area contributed by atoms with Gasteiger partial charge in [-0.15, -0.1) is 0 Å². The molecule has 0 aliphatic carbocycles. The van der Waals surface area contributed by atoms with Gasteiger partial charge < -0.3 is 31.0 Å². The highest BCUT2D eigenvalue weighted by atomic mass is 16.5. The van der Waals surface area contributed by atoms with Crippen LogP contribution >= 0.6 is 0 Å². The zero-order valence-corrected chi connectivity index (χ0v) is 17.8. The summed E-state index contributed by atoms with van der Waals surface area (Å²) in [5, 5.41) is 13.0. The van der Waals surface area contributed by atoms with Crippen molar-refractivity contribution in [3.8, 4) is 5.75 Å². The van der Waals surface area contributed by atoms with E-state index in [2.05, 4.69) is 41.2 Å². The van der Waals surface area contributed by atoms with Crippen LogP contribution in [0.15, 0.2) is 29.3 Å². The van der Waals surface area contributed by atoms with Gasteiger partial charge in [-0.1, -0.05) is 0 Å². The Kier molecular flexibility index (Phi) is 4.89. The van der Waals surface area contributed by atoms with Crippen molar-refractivity contribution in [1.82, 2.24) is 25.3 Å². The second-order valence-corrected chi connectivity index (χ2v) is 8.40. The van der Waals surface area contributed by atoms with Gasteiger partial charge in [0.15, 0.2) is 17.2 Å². The molecule has 32 heavy (non-hydrogen) atoms. The fourth-order valence-corrected chi connectivity index (χ4v) is 3.83. The number of amides is 1. The molecule has 1 atom stereocenters. The first-order valence-corrected chi connectivity index (χ1v) is 10.5. The summed E-state index contributed by atoms with van der Waals surface area (Å²) in [6.45, 7) is 5.22. The van der Waals surface area contributed by atoms with E-state index in [4.69, 9.17) is 4.74 Å². The number of nitrogens with one attached hydrogen (secondary N) is 5. The molecule has 0 saturated carbocycles. The summed E-state index contributed by atoms with van der Waals surface area (Å²) in [5.41, 5.74) is -0.782. The van der Waals surface area contributed by atoms with Crippen LogP contribution in [0.25, 0.3) is 10.9 Å². The van der Waals surface area contributed by atoms with Gasteiger partial charge in [-0.2, -0.15) is 0 Å². The van der Waals surface area contributed by atoms with Crippen molar-refractivity contribution < 1.29 is 9.53 Å². The highest BCUT2D eigenvalue weighted by Crippen LogP contribution is 2.34. The van der Waals surface area contributed by atoms with Gasteiger partial charge in [0.05, 0.1) is 11.8 Å². The largest absolute Gasteiger partial charge is 0.474 e. The van der Waals surface area contributed by atoms with Crippen molar-refractivity contribution in [2.75, 3.05) is 29.0 Å². The Morgan fingerprint density at radius 1 is 1.19 bits per heavy atom. The predicted molar refractivity (Wildman–Crippen MR) is 121 cm³/mol. The van der Waals surface area contributed by atoms with E-state index in [1.807, 2.05) is 0 Å². The third kappa shape index (κ3) is 3.82. The van der Waals surface area contributed by atoms with E-state index in [1.165, 1.54) is 6.33 Å². The lowest BCUT2D eigenvalue weighted by molar-refractivity contribution is -0.129. The number of pyridine rings is 2. The molecular formula is C21H24N8O3. The number of carbonyl (C=O) groups is 1. The summed E-state index contributed by atoms with van der Waals surface area (Å²) in [6, 6.07) is 5.42. The van der Waals surface area contributed by atoms with Gasteiger partial charge in [-0.3, -0.25) is 9.59 Å². The molecule has 11 nitrogen and oxygen atoms in total. The van der Waals surface area contributed by atoms with Gasteiger partial charge >= 0.3 is 0 Å².